The van der Waals surface area contributed by atoms with Gasteiger partial charge in [0.25, 0.3) is 0 Å². The van der Waals surface area contributed by atoms with Gasteiger partial charge in [-0.25, -0.2) is 0 Å². The van der Waals surface area contributed by atoms with Crippen molar-refractivity contribution in [1.82, 2.24) is 5.32 Å². The first-order valence-corrected chi connectivity index (χ1v) is 8.80. The molecule has 0 aromatic heterocycles. The van der Waals surface area contributed by atoms with E-state index in [9.17, 15) is 5.11 Å². The fraction of sp³-hybridized carbons (Fsp3) is 0.684. The van der Waals surface area contributed by atoms with E-state index in [1.54, 1.807) is 26.4 Å². The largest absolute Gasteiger partial charge is 0.508 e. The van der Waals surface area contributed by atoms with Gasteiger partial charge in [0.2, 0.25) is 0 Å². The van der Waals surface area contributed by atoms with Crippen molar-refractivity contribution in [3.8, 4) is 17.2 Å². The maximum absolute atomic E-state index is 9.80. The van der Waals surface area contributed by atoms with Crippen LogP contribution < -0.4 is 14.8 Å². The van der Waals surface area contributed by atoms with Crippen LogP contribution in [0.2, 0.25) is 0 Å². The van der Waals surface area contributed by atoms with Gasteiger partial charge in [0.1, 0.15) is 17.2 Å². The highest BCUT2D eigenvalue weighted by Gasteiger charge is 2.50. The molecule has 0 aliphatic heterocycles. The van der Waals surface area contributed by atoms with E-state index in [4.69, 9.17) is 9.47 Å². The van der Waals surface area contributed by atoms with E-state index < -0.39 is 0 Å². The molecule has 4 nitrogen and oxygen atoms in total. The molecule has 4 bridgehead atoms. The summed E-state index contributed by atoms with van der Waals surface area (Å²) in [5.41, 5.74) is 1.31. The molecule has 1 aromatic rings. The second-order valence-electron chi connectivity index (χ2n) is 7.88. The molecule has 5 rings (SSSR count). The minimum Gasteiger partial charge on any atom is -0.508 e. The lowest BCUT2D eigenvalue weighted by Gasteiger charge is -2.57. The van der Waals surface area contributed by atoms with Crippen molar-refractivity contribution >= 4 is 0 Å². The molecule has 4 heteroatoms. The molecule has 0 spiro atoms. The van der Waals surface area contributed by atoms with Gasteiger partial charge in [0.05, 0.1) is 19.8 Å². The van der Waals surface area contributed by atoms with Crippen LogP contribution in [-0.4, -0.2) is 24.9 Å². The van der Waals surface area contributed by atoms with Gasteiger partial charge in [-0.1, -0.05) is 0 Å². The lowest BCUT2D eigenvalue weighted by molar-refractivity contribution is -0.0207. The lowest BCUT2D eigenvalue weighted by Crippen LogP contribution is -2.58. The van der Waals surface area contributed by atoms with E-state index >= 15 is 0 Å². The molecule has 0 saturated heterocycles. The van der Waals surface area contributed by atoms with Crippen LogP contribution in [0.5, 0.6) is 17.2 Å². The number of hydrogen-bond acceptors (Lipinski definition) is 4. The Morgan fingerprint density at radius 1 is 1.00 bits per heavy atom. The molecule has 1 aromatic carbocycles. The first kappa shape index (κ1) is 15.1. The Morgan fingerprint density at radius 3 is 1.91 bits per heavy atom. The van der Waals surface area contributed by atoms with Gasteiger partial charge in [0, 0.05) is 24.2 Å². The number of methoxy groups -OCH3 is 2. The van der Waals surface area contributed by atoms with Crippen molar-refractivity contribution < 1.29 is 14.6 Å². The van der Waals surface area contributed by atoms with E-state index in [1.807, 2.05) is 0 Å². The highest BCUT2D eigenvalue weighted by Crippen LogP contribution is 2.55. The van der Waals surface area contributed by atoms with Crippen molar-refractivity contribution in [2.24, 2.45) is 17.8 Å². The van der Waals surface area contributed by atoms with Gasteiger partial charge in [-0.3, -0.25) is 0 Å². The number of phenolic OH excluding ortho intramolecular Hbond substituents is 1. The highest BCUT2D eigenvalue weighted by atomic mass is 16.5. The summed E-state index contributed by atoms with van der Waals surface area (Å²) in [4.78, 5) is 0. The molecule has 0 amide bonds. The second kappa shape index (κ2) is 5.59. The third-order valence-electron chi connectivity index (χ3n) is 6.27. The summed E-state index contributed by atoms with van der Waals surface area (Å²) >= 11 is 0. The number of nitrogens with one attached hydrogen (secondary N) is 1. The summed E-state index contributed by atoms with van der Waals surface area (Å²) in [5, 5.41) is 13.7. The molecular weight excluding hydrogens is 290 g/mol. The quantitative estimate of drug-likeness (QED) is 0.873. The van der Waals surface area contributed by atoms with E-state index in [0.717, 1.165) is 29.9 Å². The van der Waals surface area contributed by atoms with Crippen LogP contribution >= 0.6 is 0 Å². The Labute approximate surface area is 138 Å². The maximum Gasteiger partial charge on any atom is 0.130 e. The number of aromatic hydroxyl groups is 1. The molecule has 4 aliphatic rings. The number of benzene rings is 1. The summed E-state index contributed by atoms with van der Waals surface area (Å²) in [5.74, 6) is 4.35. The highest BCUT2D eigenvalue weighted by molar-refractivity contribution is 5.50. The number of ether oxygens (including phenoxy) is 2. The predicted molar refractivity (Wildman–Crippen MR) is 89.0 cm³/mol. The molecule has 4 fully saturated rings. The standard InChI is InChI=1S/C19H27NO3/c1-22-17-6-15(21)7-18(23-2)16(17)11-20-19-8-12-3-13(9-19)5-14(4-12)10-19/h6-7,12-14,20-21H,3-5,8-11H2,1-2H3. The summed E-state index contributed by atoms with van der Waals surface area (Å²) < 4.78 is 10.9. The molecular formula is C19H27NO3. The smallest absolute Gasteiger partial charge is 0.130 e. The van der Waals surface area contributed by atoms with E-state index in [2.05, 4.69) is 5.32 Å². The zero-order valence-electron chi connectivity index (χ0n) is 14.1. The minimum absolute atomic E-state index is 0.178. The lowest BCUT2D eigenvalue weighted by atomic mass is 9.53. The third-order valence-corrected chi connectivity index (χ3v) is 6.27. The van der Waals surface area contributed by atoms with Crippen molar-refractivity contribution in [3.63, 3.8) is 0 Å². The SMILES string of the molecule is COc1cc(O)cc(OC)c1CNC12CC3CC(CC(C3)C1)C2. The Morgan fingerprint density at radius 2 is 1.48 bits per heavy atom. The molecule has 4 aliphatic carbocycles. The molecule has 2 N–H and O–H groups in total. The Bertz CT molecular complexity index is 538. The van der Waals surface area contributed by atoms with Crippen LogP contribution in [0.3, 0.4) is 0 Å². The van der Waals surface area contributed by atoms with Crippen molar-refractivity contribution in [3.05, 3.63) is 17.7 Å². The Kier molecular flexibility index (Phi) is 3.67. The van der Waals surface area contributed by atoms with Crippen LogP contribution in [-0.2, 0) is 6.54 Å². The average Bonchev–Trinajstić information content (AvgIpc) is 2.51. The van der Waals surface area contributed by atoms with E-state index in [-0.39, 0.29) is 5.75 Å². The van der Waals surface area contributed by atoms with Crippen LogP contribution in [0.4, 0.5) is 0 Å². The van der Waals surface area contributed by atoms with Gasteiger partial charge in [-0.2, -0.15) is 0 Å². The molecule has 0 heterocycles. The second-order valence-corrected chi connectivity index (χ2v) is 7.88. The van der Waals surface area contributed by atoms with E-state index in [1.165, 1.54) is 38.5 Å². The topological polar surface area (TPSA) is 50.7 Å². The summed E-state index contributed by atoms with van der Waals surface area (Å²) in [7, 11) is 3.28. The number of hydrogen-bond donors (Lipinski definition) is 2. The zero-order valence-corrected chi connectivity index (χ0v) is 14.1. The fourth-order valence-electron chi connectivity index (χ4n) is 5.75. The van der Waals surface area contributed by atoms with Gasteiger partial charge < -0.3 is 19.9 Å². The summed E-state index contributed by atoms with van der Waals surface area (Å²) in [6, 6.07) is 3.33. The minimum atomic E-state index is 0.178. The first-order valence-electron chi connectivity index (χ1n) is 8.80. The Balaban J connectivity index is 1.55. The maximum atomic E-state index is 9.80. The van der Waals surface area contributed by atoms with Crippen molar-refractivity contribution in [2.75, 3.05) is 14.2 Å². The van der Waals surface area contributed by atoms with Crippen LogP contribution in [0.25, 0.3) is 0 Å². The number of phenols is 1. The van der Waals surface area contributed by atoms with Crippen LogP contribution in [0, 0.1) is 17.8 Å². The van der Waals surface area contributed by atoms with Gasteiger partial charge in [-0.15, -0.1) is 0 Å². The number of rotatable bonds is 5. The molecule has 23 heavy (non-hydrogen) atoms. The van der Waals surface area contributed by atoms with Crippen LogP contribution in [0.15, 0.2) is 12.1 Å². The average molecular weight is 317 g/mol. The van der Waals surface area contributed by atoms with Gasteiger partial charge in [-0.05, 0) is 56.3 Å². The normalized spacial score (nSPS) is 34.6. The van der Waals surface area contributed by atoms with E-state index in [0.29, 0.717) is 17.0 Å². The fourth-order valence-corrected chi connectivity index (χ4v) is 5.75. The Hall–Kier alpha value is -1.42. The monoisotopic (exact) mass is 317 g/mol. The molecule has 4 saturated carbocycles. The molecule has 0 unspecified atom stereocenters. The zero-order chi connectivity index (χ0) is 16.0. The molecule has 126 valence electrons. The van der Waals surface area contributed by atoms with Crippen molar-refractivity contribution in [2.45, 2.75) is 50.6 Å². The predicted octanol–water partition coefficient (Wildman–Crippen LogP) is 3.47. The van der Waals surface area contributed by atoms with Crippen LogP contribution in [0.1, 0.15) is 44.1 Å². The molecule has 0 radical (unpaired) electrons. The summed E-state index contributed by atoms with van der Waals surface area (Å²) in [6.07, 6.45) is 8.32. The van der Waals surface area contributed by atoms with Gasteiger partial charge in [0.15, 0.2) is 0 Å². The third kappa shape index (κ3) is 2.67. The molecule has 0 atom stereocenters. The first-order chi connectivity index (χ1) is 11.1. The summed E-state index contributed by atoms with van der Waals surface area (Å²) in [6.45, 7) is 0.735. The van der Waals surface area contributed by atoms with Gasteiger partial charge >= 0.3 is 0 Å². The van der Waals surface area contributed by atoms with Crippen molar-refractivity contribution in [1.29, 1.82) is 0 Å².